The molecule has 0 atom stereocenters. The topological polar surface area (TPSA) is 74.2 Å². The lowest BCUT2D eigenvalue weighted by molar-refractivity contribution is -0.306. The lowest BCUT2D eigenvalue weighted by Gasteiger charge is -2.14. The van der Waals surface area contributed by atoms with Gasteiger partial charge in [0.05, 0.1) is 30.1 Å². The Labute approximate surface area is 103 Å². The number of nitrogens with one attached hydrogen (secondary N) is 1. The minimum Gasteiger partial charge on any atom is -0.548 e. The van der Waals surface area contributed by atoms with Crippen molar-refractivity contribution in [1.29, 1.82) is 0 Å². The monoisotopic (exact) mass is 243 g/mol. The van der Waals surface area contributed by atoms with Crippen LogP contribution in [0.3, 0.4) is 0 Å². The van der Waals surface area contributed by atoms with Crippen molar-refractivity contribution in [3.8, 4) is 0 Å². The number of amides is 1. The van der Waals surface area contributed by atoms with Gasteiger partial charge in [-0.25, -0.2) is 0 Å². The number of carbonyl (C=O) groups excluding carboxylic acids is 2. The van der Waals surface area contributed by atoms with E-state index in [2.05, 4.69) is 5.32 Å². The van der Waals surface area contributed by atoms with Crippen LogP contribution < -0.4 is 10.4 Å². The van der Waals surface area contributed by atoms with Crippen molar-refractivity contribution < 1.29 is 14.7 Å². The highest BCUT2D eigenvalue weighted by atomic mass is 16.4. The van der Waals surface area contributed by atoms with E-state index in [1.807, 2.05) is 19.1 Å². The maximum atomic E-state index is 11.6. The lowest BCUT2D eigenvalue weighted by Crippen LogP contribution is -2.27. The van der Waals surface area contributed by atoms with Crippen molar-refractivity contribution in [3.05, 3.63) is 29.5 Å². The fourth-order valence-electron chi connectivity index (χ4n) is 2.52. The van der Waals surface area contributed by atoms with Crippen molar-refractivity contribution in [1.82, 2.24) is 4.57 Å². The number of aromatic nitrogens is 1. The first-order valence-corrected chi connectivity index (χ1v) is 5.66. The summed E-state index contributed by atoms with van der Waals surface area (Å²) in [6.45, 7) is 1.71. The molecule has 1 aromatic heterocycles. The molecule has 2 aromatic rings. The predicted octanol–water partition coefficient (Wildman–Crippen LogP) is 0.194. The second-order valence-electron chi connectivity index (χ2n) is 4.59. The molecule has 0 radical (unpaired) electrons. The van der Waals surface area contributed by atoms with E-state index in [1.165, 1.54) is 0 Å². The van der Waals surface area contributed by atoms with Crippen LogP contribution >= 0.6 is 0 Å². The average Bonchev–Trinajstić information content (AvgIpc) is 2.55. The summed E-state index contributed by atoms with van der Waals surface area (Å²) in [4.78, 5) is 22.3. The third-order valence-electron chi connectivity index (χ3n) is 3.13. The highest BCUT2D eigenvalue weighted by Gasteiger charge is 2.21. The van der Waals surface area contributed by atoms with Crippen LogP contribution in [-0.4, -0.2) is 16.4 Å². The molecule has 0 aliphatic carbocycles. The van der Waals surface area contributed by atoms with Crippen molar-refractivity contribution in [3.63, 3.8) is 0 Å². The first-order chi connectivity index (χ1) is 8.54. The maximum Gasteiger partial charge on any atom is 0.228 e. The highest BCUT2D eigenvalue weighted by molar-refractivity contribution is 6.09. The van der Waals surface area contributed by atoms with Crippen LogP contribution in [0.5, 0.6) is 0 Å². The van der Waals surface area contributed by atoms with Crippen molar-refractivity contribution in [2.75, 3.05) is 5.32 Å². The second kappa shape index (κ2) is 3.60. The summed E-state index contributed by atoms with van der Waals surface area (Å²) in [5.74, 6) is -1.21. The normalized spacial score (nSPS) is 13.7. The number of nitrogens with zero attached hydrogens (tertiary/aromatic N) is 1. The third kappa shape index (κ3) is 1.55. The number of aliphatic carboxylic acids is 1. The molecule has 0 fully saturated rings. The molecule has 1 N–H and O–H groups in total. The quantitative estimate of drug-likeness (QED) is 0.818. The number of hydrogen-bond donors (Lipinski definition) is 1. The fourth-order valence-corrected chi connectivity index (χ4v) is 2.52. The number of benzene rings is 1. The molecular formula is C13H11N2O3-. The summed E-state index contributed by atoms with van der Waals surface area (Å²) in [7, 11) is 0. The van der Waals surface area contributed by atoms with E-state index in [0.29, 0.717) is 0 Å². The van der Waals surface area contributed by atoms with Gasteiger partial charge in [0.25, 0.3) is 0 Å². The summed E-state index contributed by atoms with van der Waals surface area (Å²) < 4.78 is 1.62. The Bertz CT molecular complexity index is 685. The van der Waals surface area contributed by atoms with Gasteiger partial charge in [0.1, 0.15) is 0 Å². The number of rotatable bonds is 2. The molecule has 0 saturated carbocycles. The molecule has 5 heteroatoms. The standard InChI is InChI=1S/C13H12N2O3/c1-7-2-9-13-8(4-11(16)14-9)5-15(6-12(17)18)10(13)3-7/h2-3,5H,4,6H2,1H3,(H,14,16)(H,17,18)/p-1. The Morgan fingerprint density at radius 3 is 3.00 bits per heavy atom. The van der Waals surface area contributed by atoms with E-state index in [4.69, 9.17) is 0 Å². The van der Waals surface area contributed by atoms with Crippen LogP contribution in [0.4, 0.5) is 5.69 Å². The summed E-state index contributed by atoms with van der Waals surface area (Å²) in [5.41, 5.74) is 3.42. The molecule has 18 heavy (non-hydrogen) atoms. The zero-order valence-electron chi connectivity index (χ0n) is 9.82. The van der Waals surface area contributed by atoms with Gasteiger partial charge in [0, 0.05) is 11.6 Å². The van der Waals surface area contributed by atoms with Gasteiger partial charge in [0.2, 0.25) is 5.91 Å². The van der Waals surface area contributed by atoms with Crippen LogP contribution in [0.1, 0.15) is 11.1 Å². The van der Waals surface area contributed by atoms with E-state index in [-0.39, 0.29) is 18.9 Å². The zero-order valence-corrected chi connectivity index (χ0v) is 9.82. The van der Waals surface area contributed by atoms with Crippen molar-refractivity contribution in [2.45, 2.75) is 19.9 Å². The molecule has 92 valence electrons. The molecule has 1 amide bonds. The number of hydrogen-bond acceptors (Lipinski definition) is 3. The zero-order chi connectivity index (χ0) is 12.9. The van der Waals surface area contributed by atoms with Gasteiger partial charge in [-0.05, 0) is 30.2 Å². The molecule has 0 unspecified atom stereocenters. The number of anilines is 1. The van der Waals surface area contributed by atoms with E-state index in [0.717, 1.165) is 27.7 Å². The maximum absolute atomic E-state index is 11.6. The summed E-state index contributed by atoms with van der Waals surface area (Å²) in [6.07, 6.45) is 2.01. The predicted molar refractivity (Wildman–Crippen MR) is 64.0 cm³/mol. The van der Waals surface area contributed by atoms with E-state index >= 15 is 0 Å². The van der Waals surface area contributed by atoms with Crippen molar-refractivity contribution in [2.24, 2.45) is 0 Å². The highest BCUT2D eigenvalue weighted by Crippen LogP contribution is 2.33. The van der Waals surface area contributed by atoms with Crippen molar-refractivity contribution >= 4 is 28.5 Å². The molecule has 5 nitrogen and oxygen atoms in total. The average molecular weight is 243 g/mol. The third-order valence-corrected chi connectivity index (χ3v) is 3.13. The molecule has 1 aliphatic rings. The smallest absolute Gasteiger partial charge is 0.228 e. The summed E-state index contributed by atoms with van der Waals surface area (Å²) >= 11 is 0. The number of carbonyl (C=O) groups is 2. The largest absolute Gasteiger partial charge is 0.548 e. The van der Waals surface area contributed by atoms with Crippen LogP contribution in [0.25, 0.3) is 10.9 Å². The van der Waals surface area contributed by atoms with Gasteiger partial charge >= 0.3 is 0 Å². The number of carboxylic acid groups (broad SMARTS) is 1. The lowest BCUT2D eigenvalue weighted by atomic mass is 10.0. The van der Waals surface area contributed by atoms with Crippen LogP contribution in [0.15, 0.2) is 18.3 Å². The van der Waals surface area contributed by atoms with Gasteiger partial charge in [0.15, 0.2) is 0 Å². The SMILES string of the molecule is Cc1cc2c3c(cn(CC(=O)[O-])c3c1)CC(=O)N2. The molecule has 2 heterocycles. The first-order valence-electron chi connectivity index (χ1n) is 5.66. The van der Waals surface area contributed by atoms with Crippen LogP contribution in [0.2, 0.25) is 0 Å². The van der Waals surface area contributed by atoms with Gasteiger partial charge in [-0.3, -0.25) is 4.79 Å². The Kier molecular flexibility index (Phi) is 2.16. The van der Waals surface area contributed by atoms with Gasteiger partial charge in [-0.15, -0.1) is 0 Å². The van der Waals surface area contributed by atoms with Gasteiger partial charge < -0.3 is 19.8 Å². The molecule has 0 spiro atoms. The first kappa shape index (κ1) is 10.8. The Morgan fingerprint density at radius 2 is 2.28 bits per heavy atom. The number of carboxylic acids is 1. The summed E-state index contributed by atoms with van der Waals surface area (Å²) in [6, 6.07) is 3.81. The second-order valence-corrected chi connectivity index (χ2v) is 4.59. The Morgan fingerprint density at radius 1 is 1.50 bits per heavy atom. The Balaban J connectivity index is 2.30. The molecular weight excluding hydrogens is 232 g/mol. The van der Waals surface area contributed by atoms with Gasteiger partial charge in [-0.2, -0.15) is 0 Å². The molecule has 3 rings (SSSR count). The van der Waals surface area contributed by atoms with Crippen LogP contribution in [0, 0.1) is 6.92 Å². The van der Waals surface area contributed by atoms with E-state index in [9.17, 15) is 14.7 Å². The molecule has 1 aromatic carbocycles. The molecule has 0 bridgehead atoms. The van der Waals surface area contributed by atoms with E-state index in [1.54, 1.807) is 10.8 Å². The minimum absolute atomic E-state index is 0.0689. The minimum atomic E-state index is -1.14. The molecule has 0 saturated heterocycles. The van der Waals surface area contributed by atoms with Gasteiger partial charge in [-0.1, -0.05) is 0 Å². The Hall–Kier alpha value is -2.30. The summed E-state index contributed by atoms with van der Waals surface area (Å²) in [5, 5.41) is 14.5. The fraction of sp³-hybridized carbons (Fsp3) is 0.231. The van der Waals surface area contributed by atoms with Crippen LogP contribution in [-0.2, 0) is 22.6 Å². The number of aryl methyl sites for hydroxylation is 1. The van der Waals surface area contributed by atoms with E-state index < -0.39 is 5.97 Å². The molecule has 1 aliphatic heterocycles.